The van der Waals surface area contributed by atoms with Crippen molar-refractivity contribution in [2.45, 2.75) is 45.1 Å². The van der Waals surface area contributed by atoms with Crippen molar-refractivity contribution >= 4 is 5.82 Å². The van der Waals surface area contributed by atoms with Gasteiger partial charge >= 0.3 is 0 Å². The highest BCUT2D eigenvalue weighted by Gasteiger charge is 2.25. The molecule has 0 unspecified atom stereocenters. The van der Waals surface area contributed by atoms with Gasteiger partial charge in [-0.2, -0.15) is 10.4 Å². The van der Waals surface area contributed by atoms with Crippen molar-refractivity contribution in [3.8, 4) is 11.9 Å². The number of piperidine rings is 1. The fraction of sp³-hybridized carbons (Fsp3) is 0.435. The fourth-order valence-electron chi connectivity index (χ4n) is 4.61. The molecule has 4 heterocycles. The molecular weight excluding hydrogens is 390 g/mol. The van der Waals surface area contributed by atoms with E-state index < -0.39 is 0 Å². The summed E-state index contributed by atoms with van der Waals surface area (Å²) in [5.74, 6) is 1.83. The molecule has 5 rings (SSSR count). The maximum absolute atomic E-state index is 12.3. The molecule has 1 aliphatic heterocycles. The zero-order valence-corrected chi connectivity index (χ0v) is 17.4. The lowest BCUT2D eigenvalue weighted by molar-refractivity contribution is 0.333. The molecule has 8 nitrogen and oxygen atoms in total. The fourth-order valence-corrected chi connectivity index (χ4v) is 4.61. The summed E-state index contributed by atoms with van der Waals surface area (Å²) in [5.41, 5.74) is 2.99. The van der Waals surface area contributed by atoms with Gasteiger partial charge in [0.25, 0.3) is 5.56 Å². The van der Waals surface area contributed by atoms with Gasteiger partial charge in [-0.05, 0) is 68.2 Å². The summed E-state index contributed by atoms with van der Waals surface area (Å²) in [4.78, 5) is 19.5. The quantitative estimate of drug-likeness (QED) is 0.650. The predicted octanol–water partition coefficient (Wildman–Crippen LogP) is 2.49. The Morgan fingerprint density at radius 3 is 2.77 bits per heavy atom. The molecule has 1 aliphatic carbocycles. The van der Waals surface area contributed by atoms with Crippen LogP contribution in [0.5, 0.6) is 0 Å². The third-order valence-electron chi connectivity index (χ3n) is 6.34. The number of fused-ring (bicyclic) bond motifs is 1. The first-order chi connectivity index (χ1) is 15.2. The molecular formula is C23H25N7O. The Balaban J connectivity index is 1.29. The summed E-state index contributed by atoms with van der Waals surface area (Å²) in [5, 5.41) is 18.4. The Kier molecular flexibility index (Phi) is 5.24. The standard InChI is InChI=1S/C23H25N7O/c24-15-19-14-18-4-1-2-5-20(18)26-23(19)28-12-8-17(9-13-28)16-30-22(31)7-6-21(27-30)29-11-3-10-25-29/h3,6-7,10-11,14,17H,1-2,4-5,8-9,12-13,16H2. The van der Waals surface area contributed by atoms with Crippen LogP contribution >= 0.6 is 0 Å². The molecule has 0 radical (unpaired) electrons. The van der Waals surface area contributed by atoms with Crippen molar-refractivity contribution in [3.05, 3.63) is 63.8 Å². The van der Waals surface area contributed by atoms with Crippen LogP contribution in [-0.4, -0.2) is 37.6 Å². The summed E-state index contributed by atoms with van der Waals surface area (Å²) >= 11 is 0. The molecule has 31 heavy (non-hydrogen) atoms. The van der Waals surface area contributed by atoms with Crippen LogP contribution in [0.25, 0.3) is 5.82 Å². The normalized spacial score (nSPS) is 16.7. The van der Waals surface area contributed by atoms with E-state index in [1.54, 1.807) is 27.7 Å². The maximum Gasteiger partial charge on any atom is 0.266 e. The first-order valence-corrected chi connectivity index (χ1v) is 11.0. The third-order valence-corrected chi connectivity index (χ3v) is 6.34. The van der Waals surface area contributed by atoms with E-state index in [1.165, 1.54) is 18.4 Å². The summed E-state index contributed by atoms with van der Waals surface area (Å²) in [7, 11) is 0. The number of pyridine rings is 1. The van der Waals surface area contributed by atoms with Gasteiger partial charge in [-0.1, -0.05) is 0 Å². The van der Waals surface area contributed by atoms with Gasteiger partial charge in [0.05, 0.1) is 5.56 Å². The molecule has 0 N–H and O–H groups in total. The molecule has 8 heteroatoms. The third kappa shape index (κ3) is 3.96. The van der Waals surface area contributed by atoms with Crippen molar-refractivity contribution in [2.24, 2.45) is 5.92 Å². The molecule has 0 saturated carbocycles. The van der Waals surface area contributed by atoms with Crippen molar-refractivity contribution in [1.82, 2.24) is 24.5 Å². The number of hydrogen-bond donors (Lipinski definition) is 0. The van der Waals surface area contributed by atoms with Crippen LogP contribution in [0.15, 0.2) is 41.5 Å². The lowest BCUT2D eigenvalue weighted by atomic mass is 9.93. The van der Waals surface area contributed by atoms with E-state index in [0.29, 0.717) is 23.8 Å². The molecule has 0 atom stereocenters. The largest absolute Gasteiger partial charge is 0.355 e. The maximum atomic E-state index is 12.3. The van der Waals surface area contributed by atoms with Crippen molar-refractivity contribution in [2.75, 3.05) is 18.0 Å². The Morgan fingerprint density at radius 1 is 1.16 bits per heavy atom. The molecule has 2 aliphatic rings. The molecule has 0 spiro atoms. The average molecular weight is 416 g/mol. The van der Waals surface area contributed by atoms with Crippen LogP contribution < -0.4 is 10.5 Å². The van der Waals surface area contributed by atoms with Crippen LogP contribution in [0.4, 0.5) is 5.82 Å². The van der Waals surface area contributed by atoms with Crippen LogP contribution in [-0.2, 0) is 19.4 Å². The summed E-state index contributed by atoms with van der Waals surface area (Å²) in [6.07, 6.45) is 9.76. The van der Waals surface area contributed by atoms with Crippen LogP contribution in [0.3, 0.4) is 0 Å². The smallest absolute Gasteiger partial charge is 0.266 e. The minimum absolute atomic E-state index is 0.0959. The summed E-state index contributed by atoms with van der Waals surface area (Å²) in [6, 6.07) is 9.48. The Labute approximate surface area is 180 Å². The van der Waals surface area contributed by atoms with Crippen LogP contribution in [0.2, 0.25) is 0 Å². The van der Waals surface area contributed by atoms with E-state index in [2.05, 4.69) is 21.2 Å². The molecule has 0 bridgehead atoms. The SMILES string of the molecule is N#Cc1cc2c(nc1N1CCC(Cn3nc(-n4cccn4)ccc3=O)CC1)CCCC2. The molecule has 158 valence electrons. The summed E-state index contributed by atoms with van der Waals surface area (Å²) < 4.78 is 3.21. The first kappa shape index (κ1) is 19.5. The van der Waals surface area contributed by atoms with Crippen molar-refractivity contribution in [1.29, 1.82) is 5.26 Å². The van der Waals surface area contributed by atoms with Crippen LogP contribution in [0.1, 0.15) is 42.5 Å². The first-order valence-electron chi connectivity index (χ1n) is 11.0. The van der Waals surface area contributed by atoms with E-state index in [-0.39, 0.29) is 5.56 Å². The molecule has 1 fully saturated rings. The molecule has 0 aromatic carbocycles. The van der Waals surface area contributed by atoms with Gasteiger partial charge in [-0.3, -0.25) is 4.79 Å². The van der Waals surface area contributed by atoms with E-state index in [0.717, 1.165) is 50.3 Å². The van der Waals surface area contributed by atoms with Crippen LogP contribution in [0, 0.1) is 17.2 Å². The zero-order chi connectivity index (χ0) is 21.2. The van der Waals surface area contributed by atoms with E-state index in [1.807, 2.05) is 18.3 Å². The van der Waals surface area contributed by atoms with E-state index in [9.17, 15) is 10.1 Å². The highest BCUT2D eigenvalue weighted by atomic mass is 16.1. The Morgan fingerprint density at radius 2 is 2.00 bits per heavy atom. The second kappa shape index (κ2) is 8.34. The van der Waals surface area contributed by atoms with Gasteiger partial charge in [0, 0.05) is 43.8 Å². The number of rotatable bonds is 4. The number of nitrogens with zero attached hydrogens (tertiary/aromatic N) is 7. The second-order valence-corrected chi connectivity index (χ2v) is 8.38. The van der Waals surface area contributed by atoms with Gasteiger partial charge in [0.1, 0.15) is 11.9 Å². The van der Waals surface area contributed by atoms with Gasteiger partial charge < -0.3 is 4.90 Å². The highest BCUT2D eigenvalue weighted by Crippen LogP contribution is 2.29. The topological polar surface area (TPSA) is 92.6 Å². The number of aryl methyl sites for hydroxylation is 2. The second-order valence-electron chi connectivity index (χ2n) is 8.38. The van der Waals surface area contributed by atoms with Gasteiger partial charge in [0.15, 0.2) is 5.82 Å². The van der Waals surface area contributed by atoms with E-state index in [4.69, 9.17) is 4.98 Å². The lowest BCUT2D eigenvalue weighted by Crippen LogP contribution is -2.38. The lowest BCUT2D eigenvalue weighted by Gasteiger charge is -2.34. The van der Waals surface area contributed by atoms with Gasteiger partial charge in [0.2, 0.25) is 0 Å². The number of aromatic nitrogens is 5. The number of hydrogen-bond acceptors (Lipinski definition) is 6. The minimum Gasteiger partial charge on any atom is -0.355 e. The molecule has 3 aromatic rings. The molecule has 0 amide bonds. The molecule has 1 saturated heterocycles. The predicted molar refractivity (Wildman–Crippen MR) is 116 cm³/mol. The monoisotopic (exact) mass is 415 g/mol. The van der Waals surface area contributed by atoms with E-state index >= 15 is 0 Å². The van der Waals surface area contributed by atoms with Gasteiger partial charge in [-0.15, -0.1) is 5.10 Å². The van der Waals surface area contributed by atoms with Gasteiger partial charge in [-0.25, -0.2) is 14.3 Å². The number of nitriles is 1. The van der Waals surface area contributed by atoms with Crippen molar-refractivity contribution < 1.29 is 0 Å². The average Bonchev–Trinajstić information content (AvgIpc) is 3.35. The minimum atomic E-state index is -0.0959. The Bertz CT molecular complexity index is 1170. The highest BCUT2D eigenvalue weighted by molar-refractivity contribution is 5.56. The Hall–Kier alpha value is -3.47. The van der Waals surface area contributed by atoms with Crippen molar-refractivity contribution in [3.63, 3.8) is 0 Å². The number of anilines is 1. The molecule has 3 aromatic heterocycles. The zero-order valence-electron chi connectivity index (χ0n) is 17.4. The summed E-state index contributed by atoms with van der Waals surface area (Å²) in [6.45, 7) is 2.25.